The van der Waals surface area contributed by atoms with Gasteiger partial charge < -0.3 is 4.90 Å². The molecular weight excluding hydrogens is 468 g/mol. The molecule has 36 heavy (non-hydrogen) atoms. The van der Waals surface area contributed by atoms with Crippen LogP contribution in [0, 0.1) is 23.5 Å². The van der Waals surface area contributed by atoms with E-state index in [0.717, 1.165) is 12.1 Å². The number of benzene rings is 2. The topological polar surface area (TPSA) is 86.7 Å². The Balaban J connectivity index is 1.45. The number of hydrogen-bond donors (Lipinski definition) is 0. The van der Waals surface area contributed by atoms with Gasteiger partial charge in [-0.05, 0) is 37.3 Å². The summed E-state index contributed by atoms with van der Waals surface area (Å²) in [5.74, 6) is 2.21. The van der Waals surface area contributed by atoms with Crippen LogP contribution in [0.2, 0.25) is 0 Å². The Morgan fingerprint density at radius 2 is 1.64 bits per heavy atom. The fourth-order valence-corrected chi connectivity index (χ4v) is 4.43. The second kappa shape index (κ2) is 8.85. The number of carbonyl (C=O) groups is 3. The Hall–Kier alpha value is -4.65. The number of urea groups is 1. The molecule has 180 valence electrons. The van der Waals surface area contributed by atoms with Crippen molar-refractivity contribution in [1.29, 1.82) is 0 Å². The molecule has 1 unspecified atom stereocenters. The number of halogens is 2. The molecule has 2 aliphatic heterocycles. The molecule has 5 rings (SSSR count). The molecule has 4 amide bonds. The molecule has 10 heteroatoms. The zero-order chi connectivity index (χ0) is 25.4. The summed E-state index contributed by atoms with van der Waals surface area (Å²) in [5.41, 5.74) is -1.60. The number of imide groups is 1. The third kappa shape index (κ3) is 3.84. The minimum absolute atomic E-state index is 0.0404. The monoisotopic (exact) mass is 487 g/mol. The Morgan fingerprint density at radius 3 is 2.31 bits per heavy atom. The molecule has 1 aromatic heterocycles. The van der Waals surface area contributed by atoms with E-state index < -0.39 is 47.1 Å². The second-order valence-electron chi connectivity index (χ2n) is 8.54. The maximum Gasteiger partial charge on any atom is 0.332 e. The Kier molecular flexibility index (Phi) is 5.68. The van der Waals surface area contributed by atoms with E-state index in [2.05, 4.69) is 21.8 Å². The number of nitrogens with zero attached hydrogens (tertiary/aromatic N) is 5. The van der Waals surface area contributed by atoms with Crippen molar-refractivity contribution >= 4 is 29.4 Å². The van der Waals surface area contributed by atoms with Gasteiger partial charge in [-0.2, -0.15) is 0 Å². The third-order valence-corrected chi connectivity index (χ3v) is 6.22. The first-order valence-corrected chi connectivity index (χ1v) is 11.1. The van der Waals surface area contributed by atoms with Crippen LogP contribution in [0.3, 0.4) is 0 Å². The van der Waals surface area contributed by atoms with Crippen LogP contribution < -0.4 is 9.80 Å². The molecule has 0 saturated carbocycles. The van der Waals surface area contributed by atoms with E-state index in [9.17, 15) is 14.4 Å². The summed E-state index contributed by atoms with van der Waals surface area (Å²) in [7, 11) is 0. The molecule has 2 aromatic carbocycles. The Labute approximate surface area is 205 Å². The van der Waals surface area contributed by atoms with Crippen molar-refractivity contribution in [3.63, 3.8) is 0 Å². The Morgan fingerprint density at radius 1 is 0.944 bits per heavy atom. The van der Waals surface area contributed by atoms with Crippen LogP contribution in [-0.2, 0) is 9.59 Å². The van der Waals surface area contributed by atoms with E-state index in [1.54, 1.807) is 30.3 Å². The highest BCUT2D eigenvalue weighted by molar-refractivity contribution is 6.20. The van der Waals surface area contributed by atoms with Crippen molar-refractivity contribution < 1.29 is 23.2 Å². The summed E-state index contributed by atoms with van der Waals surface area (Å²) < 4.78 is 30.2. The first kappa shape index (κ1) is 23.1. The molecule has 2 aliphatic rings. The van der Waals surface area contributed by atoms with Gasteiger partial charge in [0.25, 0.3) is 5.91 Å². The lowest BCUT2D eigenvalue weighted by molar-refractivity contribution is -0.137. The van der Waals surface area contributed by atoms with Crippen molar-refractivity contribution in [1.82, 2.24) is 14.9 Å². The predicted octanol–water partition coefficient (Wildman–Crippen LogP) is 3.12. The summed E-state index contributed by atoms with van der Waals surface area (Å²) in [6.45, 7) is 1.60. The van der Waals surface area contributed by atoms with Gasteiger partial charge in [0.1, 0.15) is 23.4 Å². The standard InChI is InChI=1S/C26H19F2N5O3/c1-26-15-22(34)33(25(36)32(26)12-11-31(24(26)35)21-9-10-29-16-30-21)23-19(27)13-18(14-20(23)28)8-7-17-5-3-2-4-6-17/h2-6,9-10,13-14,16H,11-12,15H2,1H3. The molecule has 3 aromatic rings. The van der Waals surface area contributed by atoms with E-state index in [1.807, 2.05) is 6.07 Å². The number of piperazine rings is 1. The van der Waals surface area contributed by atoms with Gasteiger partial charge in [-0.25, -0.2) is 28.4 Å². The van der Waals surface area contributed by atoms with E-state index >= 15 is 8.78 Å². The van der Waals surface area contributed by atoms with Gasteiger partial charge in [0, 0.05) is 30.4 Å². The molecule has 0 radical (unpaired) electrons. The molecule has 0 spiro atoms. The average molecular weight is 487 g/mol. The highest BCUT2D eigenvalue weighted by atomic mass is 19.1. The van der Waals surface area contributed by atoms with Gasteiger partial charge in [0.15, 0.2) is 11.6 Å². The van der Waals surface area contributed by atoms with Gasteiger partial charge in [-0.1, -0.05) is 30.0 Å². The maximum absolute atomic E-state index is 15.1. The fourth-order valence-electron chi connectivity index (χ4n) is 4.43. The summed E-state index contributed by atoms with van der Waals surface area (Å²) >= 11 is 0. The minimum Gasteiger partial charge on any atom is -0.307 e. The largest absolute Gasteiger partial charge is 0.332 e. The molecule has 0 aliphatic carbocycles. The molecule has 2 fully saturated rings. The van der Waals surface area contributed by atoms with E-state index in [4.69, 9.17) is 0 Å². The lowest BCUT2D eigenvalue weighted by atomic mass is 9.88. The number of anilines is 2. The van der Waals surface area contributed by atoms with Gasteiger partial charge in [0.2, 0.25) is 5.91 Å². The van der Waals surface area contributed by atoms with E-state index in [1.165, 1.54) is 29.2 Å². The highest BCUT2D eigenvalue weighted by Gasteiger charge is 2.56. The quantitative estimate of drug-likeness (QED) is 0.519. The SMILES string of the molecule is CC12CC(=O)N(c3c(F)cc(C#Cc4ccccc4)cc3F)C(=O)N1CCN(c1ccncn1)C2=O. The normalized spacial score (nSPS) is 19.6. The first-order chi connectivity index (χ1) is 17.3. The summed E-state index contributed by atoms with van der Waals surface area (Å²) in [5, 5.41) is 0. The number of rotatable bonds is 2. The van der Waals surface area contributed by atoms with Gasteiger partial charge in [0.05, 0.1) is 6.42 Å². The van der Waals surface area contributed by atoms with Crippen LogP contribution in [0.1, 0.15) is 24.5 Å². The van der Waals surface area contributed by atoms with Crippen LogP contribution in [0.4, 0.5) is 25.1 Å². The number of aromatic nitrogens is 2. The van der Waals surface area contributed by atoms with Gasteiger partial charge in [-0.15, -0.1) is 0 Å². The summed E-state index contributed by atoms with van der Waals surface area (Å²) in [6.07, 6.45) is 2.31. The lowest BCUT2D eigenvalue weighted by Crippen LogP contribution is -2.73. The zero-order valence-electron chi connectivity index (χ0n) is 19.1. The first-order valence-electron chi connectivity index (χ1n) is 11.1. The van der Waals surface area contributed by atoms with Crippen molar-refractivity contribution in [3.05, 3.63) is 83.8 Å². The molecule has 2 saturated heterocycles. The average Bonchev–Trinajstić information content (AvgIpc) is 2.86. The number of hydrogen-bond acceptors (Lipinski definition) is 5. The molecule has 0 bridgehead atoms. The van der Waals surface area contributed by atoms with Crippen LogP contribution in [-0.4, -0.2) is 51.3 Å². The summed E-state index contributed by atoms with van der Waals surface area (Å²) in [4.78, 5) is 50.6. The highest BCUT2D eigenvalue weighted by Crippen LogP contribution is 2.37. The van der Waals surface area contributed by atoms with Crippen molar-refractivity contribution in [2.24, 2.45) is 0 Å². The van der Waals surface area contributed by atoms with Gasteiger partial charge in [-0.3, -0.25) is 14.5 Å². The smallest absolute Gasteiger partial charge is 0.307 e. The van der Waals surface area contributed by atoms with Crippen molar-refractivity contribution in [3.8, 4) is 11.8 Å². The predicted molar refractivity (Wildman–Crippen MR) is 126 cm³/mol. The lowest BCUT2D eigenvalue weighted by Gasteiger charge is -2.51. The molecular formula is C26H19F2N5O3. The Bertz CT molecular complexity index is 1420. The third-order valence-electron chi connectivity index (χ3n) is 6.22. The molecule has 3 heterocycles. The van der Waals surface area contributed by atoms with E-state index in [-0.39, 0.29) is 18.7 Å². The van der Waals surface area contributed by atoms with Crippen LogP contribution in [0.5, 0.6) is 0 Å². The number of carbonyl (C=O) groups excluding carboxylic acids is 3. The van der Waals surface area contributed by atoms with Crippen molar-refractivity contribution in [2.45, 2.75) is 18.9 Å². The molecule has 0 N–H and O–H groups in total. The van der Waals surface area contributed by atoms with Crippen LogP contribution >= 0.6 is 0 Å². The number of amides is 4. The molecule has 8 nitrogen and oxygen atoms in total. The minimum atomic E-state index is -1.53. The van der Waals surface area contributed by atoms with Gasteiger partial charge >= 0.3 is 6.03 Å². The second-order valence-corrected chi connectivity index (χ2v) is 8.54. The molecule has 1 atom stereocenters. The van der Waals surface area contributed by atoms with Crippen LogP contribution in [0.25, 0.3) is 0 Å². The number of fused-ring (bicyclic) bond motifs is 1. The van der Waals surface area contributed by atoms with Crippen LogP contribution in [0.15, 0.2) is 61.1 Å². The van der Waals surface area contributed by atoms with Crippen molar-refractivity contribution in [2.75, 3.05) is 22.9 Å². The fraction of sp³-hybridized carbons (Fsp3) is 0.192. The zero-order valence-corrected chi connectivity index (χ0v) is 19.1. The maximum atomic E-state index is 15.1. The summed E-state index contributed by atoms with van der Waals surface area (Å²) in [6, 6.07) is 11.4. The van der Waals surface area contributed by atoms with E-state index in [0.29, 0.717) is 16.3 Å².